The molecule has 1 aromatic carbocycles. The number of nitrogen functional groups attached to an aromatic ring is 1. The van der Waals surface area contributed by atoms with E-state index in [4.69, 9.17) is 11.5 Å². The van der Waals surface area contributed by atoms with Gasteiger partial charge in [-0.25, -0.2) is 0 Å². The first-order valence-electron chi connectivity index (χ1n) is 5.08. The van der Waals surface area contributed by atoms with Crippen LogP contribution in [-0.4, -0.2) is 22.0 Å². The summed E-state index contributed by atoms with van der Waals surface area (Å²) in [6.45, 7) is 0. The Morgan fingerprint density at radius 3 is 2.39 bits per heavy atom. The maximum absolute atomic E-state index is 11.8. The van der Waals surface area contributed by atoms with Crippen LogP contribution in [0.25, 0.3) is 0 Å². The number of rotatable bonds is 3. The Bertz CT molecular complexity index is 588. The molecule has 1 aromatic heterocycles. The molecular formula is C11H11N5O2. The van der Waals surface area contributed by atoms with Crippen molar-refractivity contribution in [3.05, 3.63) is 41.6 Å². The summed E-state index contributed by atoms with van der Waals surface area (Å²) in [7, 11) is 0. The second-order valence-corrected chi connectivity index (χ2v) is 3.59. The Hall–Kier alpha value is -2.83. The number of benzene rings is 1. The summed E-state index contributed by atoms with van der Waals surface area (Å²) in [5, 5.41) is 8.74. The van der Waals surface area contributed by atoms with Crippen LogP contribution in [0.3, 0.4) is 0 Å². The summed E-state index contributed by atoms with van der Waals surface area (Å²) in [4.78, 5) is 22.6. The maximum atomic E-state index is 11.8. The molecule has 0 spiro atoms. The Morgan fingerprint density at radius 1 is 1.22 bits per heavy atom. The lowest BCUT2D eigenvalue weighted by molar-refractivity contribution is 0.0998. The van der Waals surface area contributed by atoms with Gasteiger partial charge in [0.1, 0.15) is 11.4 Å². The molecule has 0 atom stereocenters. The van der Waals surface area contributed by atoms with Crippen molar-refractivity contribution in [1.29, 1.82) is 0 Å². The molecule has 0 saturated heterocycles. The molecule has 92 valence electrons. The van der Waals surface area contributed by atoms with E-state index < -0.39 is 5.91 Å². The fourth-order valence-electron chi connectivity index (χ4n) is 1.39. The third-order valence-electron chi connectivity index (χ3n) is 2.34. The number of carbonyl (C=O) groups is 2. The third kappa shape index (κ3) is 2.29. The number of nitrogens with one attached hydrogen (secondary N) is 2. The van der Waals surface area contributed by atoms with E-state index in [1.807, 2.05) is 0 Å². The highest BCUT2D eigenvalue weighted by Crippen LogP contribution is 2.13. The molecule has 2 amide bonds. The number of hydrogen-bond acceptors (Lipinski definition) is 4. The number of primary amides is 1. The van der Waals surface area contributed by atoms with Gasteiger partial charge in [0, 0.05) is 11.3 Å². The van der Waals surface area contributed by atoms with Crippen LogP contribution < -0.4 is 16.8 Å². The van der Waals surface area contributed by atoms with Crippen LogP contribution in [0.15, 0.2) is 30.5 Å². The van der Waals surface area contributed by atoms with Crippen LogP contribution in [-0.2, 0) is 0 Å². The fourth-order valence-corrected chi connectivity index (χ4v) is 1.39. The zero-order chi connectivity index (χ0) is 13.1. The minimum Gasteiger partial charge on any atom is -0.383 e. The van der Waals surface area contributed by atoms with Crippen LogP contribution >= 0.6 is 0 Å². The van der Waals surface area contributed by atoms with Crippen LogP contribution in [0.1, 0.15) is 20.7 Å². The van der Waals surface area contributed by atoms with Gasteiger partial charge in [-0.2, -0.15) is 5.10 Å². The van der Waals surface area contributed by atoms with Gasteiger partial charge in [-0.05, 0) is 24.3 Å². The third-order valence-corrected chi connectivity index (χ3v) is 2.34. The van der Waals surface area contributed by atoms with Crippen molar-refractivity contribution >= 4 is 23.3 Å². The van der Waals surface area contributed by atoms with Crippen LogP contribution in [0, 0.1) is 0 Å². The van der Waals surface area contributed by atoms with Gasteiger partial charge in [0.2, 0.25) is 5.91 Å². The molecule has 0 saturated carbocycles. The largest absolute Gasteiger partial charge is 0.383 e. The van der Waals surface area contributed by atoms with Gasteiger partial charge in [0.25, 0.3) is 5.91 Å². The highest BCUT2D eigenvalue weighted by atomic mass is 16.2. The Balaban J connectivity index is 2.13. The van der Waals surface area contributed by atoms with Crippen molar-refractivity contribution in [2.45, 2.75) is 0 Å². The van der Waals surface area contributed by atoms with Crippen LogP contribution in [0.5, 0.6) is 0 Å². The Labute approximate surface area is 102 Å². The molecule has 0 radical (unpaired) electrons. The van der Waals surface area contributed by atoms with Crippen LogP contribution in [0.4, 0.5) is 11.5 Å². The van der Waals surface area contributed by atoms with E-state index in [0.717, 1.165) is 0 Å². The highest BCUT2D eigenvalue weighted by Gasteiger charge is 2.11. The van der Waals surface area contributed by atoms with E-state index in [-0.39, 0.29) is 17.3 Å². The van der Waals surface area contributed by atoms with E-state index in [9.17, 15) is 9.59 Å². The molecule has 0 aliphatic heterocycles. The molecule has 1 heterocycles. The van der Waals surface area contributed by atoms with E-state index in [1.54, 1.807) is 12.1 Å². The number of H-pyrrole nitrogens is 1. The molecule has 6 N–H and O–H groups in total. The summed E-state index contributed by atoms with van der Waals surface area (Å²) < 4.78 is 0. The van der Waals surface area contributed by atoms with Crippen molar-refractivity contribution in [2.75, 3.05) is 11.1 Å². The Kier molecular flexibility index (Phi) is 2.96. The lowest BCUT2D eigenvalue weighted by atomic mass is 10.2. The minimum atomic E-state index is -0.521. The molecule has 0 unspecified atom stereocenters. The molecule has 2 aromatic rings. The number of aromatic nitrogens is 2. The summed E-state index contributed by atoms with van der Waals surface area (Å²) in [6.07, 6.45) is 1.34. The van der Waals surface area contributed by atoms with Crippen molar-refractivity contribution in [3.8, 4) is 0 Å². The predicted molar refractivity (Wildman–Crippen MR) is 65.9 cm³/mol. The van der Waals surface area contributed by atoms with E-state index in [0.29, 0.717) is 11.3 Å². The average molecular weight is 245 g/mol. The normalized spacial score (nSPS) is 10.0. The summed E-state index contributed by atoms with van der Waals surface area (Å²) in [6, 6.07) is 6.20. The van der Waals surface area contributed by atoms with Crippen molar-refractivity contribution in [3.63, 3.8) is 0 Å². The standard InChI is InChI=1S/C11H11N5O2/c12-9-8(5-14-16-9)11(18)15-7-3-1-6(2-4-7)10(13)17/h1-5H,(H2,13,17)(H,15,18)(H3,12,14,16). The smallest absolute Gasteiger partial charge is 0.261 e. The highest BCUT2D eigenvalue weighted by molar-refractivity contribution is 6.07. The summed E-state index contributed by atoms with van der Waals surface area (Å²) in [5.74, 6) is -0.707. The molecule has 0 aliphatic rings. The first-order valence-corrected chi connectivity index (χ1v) is 5.08. The van der Waals surface area contributed by atoms with Gasteiger partial charge >= 0.3 is 0 Å². The summed E-state index contributed by atoms with van der Waals surface area (Å²) >= 11 is 0. The average Bonchev–Trinajstić information content (AvgIpc) is 2.76. The van der Waals surface area contributed by atoms with Gasteiger partial charge in [0.05, 0.1) is 6.20 Å². The zero-order valence-corrected chi connectivity index (χ0v) is 9.31. The van der Waals surface area contributed by atoms with Gasteiger partial charge in [-0.1, -0.05) is 0 Å². The number of anilines is 2. The minimum absolute atomic E-state index is 0.196. The second-order valence-electron chi connectivity index (χ2n) is 3.59. The molecule has 18 heavy (non-hydrogen) atoms. The van der Waals surface area contributed by atoms with Gasteiger partial charge < -0.3 is 16.8 Å². The number of amides is 2. The van der Waals surface area contributed by atoms with E-state index in [1.165, 1.54) is 18.3 Å². The number of aromatic amines is 1. The fraction of sp³-hybridized carbons (Fsp3) is 0. The monoisotopic (exact) mass is 245 g/mol. The molecule has 7 heteroatoms. The number of carbonyl (C=O) groups excluding carboxylic acids is 2. The maximum Gasteiger partial charge on any atom is 0.261 e. The first kappa shape index (κ1) is 11.6. The number of hydrogen-bond donors (Lipinski definition) is 4. The Morgan fingerprint density at radius 2 is 1.89 bits per heavy atom. The first-order chi connectivity index (χ1) is 8.58. The molecule has 7 nitrogen and oxygen atoms in total. The lowest BCUT2D eigenvalue weighted by Gasteiger charge is -2.04. The summed E-state index contributed by atoms with van der Waals surface area (Å²) in [5.41, 5.74) is 11.8. The molecule has 0 aliphatic carbocycles. The van der Waals surface area contributed by atoms with Crippen LogP contribution in [0.2, 0.25) is 0 Å². The molecule has 0 bridgehead atoms. The number of nitrogens with zero attached hydrogens (tertiary/aromatic N) is 1. The van der Waals surface area contributed by atoms with Gasteiger partial charge in [0.15, 0.2) is 0 Å². The lowest BCUT2D eigenvalue weighted by Crippen LogP contribution is -2.14. The molecular weight excluding hydrogens is 234 g/mol. The number of nitrogens with two attached hydrogens (primary N) is 2. The quantitative estimate of drug-likeness (QED) is 0.621. The topological polar surface area (TPSA) is 127 Å². The van der Waals surface area contributed by atoms with Crippen molar-refractivity contribution in [1.82, 2.24) is 10.2 Å². The van der Waals surface area contributed by atoms with Crippen molar-refractivity contribution < 1.29 is 9.59 Å². The zero-order valence-electron chi connectivity index (χ0n) is 9.31. The van der Waals surface area contributed by atoms with Gasteiger partial charge in [-0.15, -0.1) is 0 Å². The molecule has 0 fully saturated rings. The predicted octanol–water partition coefficient (Wildman–Crippen LogP) is 0.343. The second kappa shape index (κ2) is 4.58. The van der Waals surface area contributed by atoms with E-state index >= 15 is 0 Å². The van der Waals surface area contributed by atoms with E-state index in [2.05, 4.69) is 15.5 Å². The van der Waals surface area contributed by atoms with Gasteiger partial charge in [-0.3, -0.25) is 14.7 Å². The SMILES string of the molecule is NC(=O)c1ccc(NC(=O)c2cn[nH]c2N)cc1. The van der Waals surface area contributed by atoms with Crippen molar-refractivity contribution in [2.24, 2.45) is 5.73 Å². The molecule has 2 rings (SSSR count).